The van der Waals surface area contributed by atoms with Gasteiger partial charge >= 0.3 is 0 Å². The highest BCUT2D eigenvalue weighted by Gasteiger charge is 2.04. The Balaban J connectivity index is 2.31. The molecular weight excluding hydrogens is 213 g/mol. The van der Waals surface area contributed by atoms with Crippen molar-refractivity contribution in [2.75, 3.05) is 17.6 Å². The van der Waals surface area contributed by atoms with Gasteiger partial charge in [-0.05, 0) is 12.8 Å². The molecule has 0 saturated heterocycles. The van der Waals surface area contributed by atoms with Gasteiger partial charge < -0.3 is 16.8 Å². The van der Waals surface area contributed by atoms with Crippen LogP contribution in [0.3, 0.4) is 0 Å². The molecule has 0 spiro atoms. The lowest BCUT2D eigenvalue weighted by molar-refractivity contribution is -0.118. The molecule has 0 aliphatic carbocycles. The second kappa shape index (κ2) is 5.84. The van der Waals surface area contributed by atoms with Gasteiger partial charge in [0.2, 0.25) is 11.9 Å². The molecule has 7 heteroatoms. The van der Waals surface area contributed by atoms with Gasteiger partial charge in [-0.1, -0.05) is 0 Å². The SMILES string of the molecule is NC(=O)CCCCNc1nc(N)ncc1F. The van der Waals surface area contributed by atoms with E-state index in [0.29, 0.717) is 25.8 Å². The van der Waals surface area contributed by atoms with Crippen LogP contribution in [0.15, 0.2) is 6.20 Å². The lowest BCUT2D eigenvalue weighted by atomic mass is 10.2. The van der Waals surface area contributed by atoms with Gasteiger partial charge in [-0.2, -0.15) is 4.98 Å². The summed E-state index contributed by atoms with van der Waals surface area (Å²) in [6.45, 7) is 0.501. The number of unbranched alkanes of at least 4 members (excludes halogenated alkanes) is 1. The molecule has 0 aliphatic heterocycles. The molecule has 0 unspecified atom stereocenters. The van der Waals surface area contributed by atoms with Gasteiger partial charge in [0, 0.05) is 13.0 Å². The van der Waals surface area contributed by atoms with Crippen LogP contribution in [0, 0.1) is 5.82 Å². The average Bonchev–Trinajstić information content (AvgIpc) is 2.22. The summed E-state index contributed by atoms with van der Waals surface area (Å²) in [7, 11) is 0. The van der Waals surface area contributed by atoms with Gasteiger partial charge in [0.15, 0.2) is 11.6 Å². The third-order valence-electron chi connectivity index (χ3n) is 1.91. The number of carbonyl (C=O) groups excluding carboxylic acids is 1. The summed E-state index contributed by atoms with van der Waals surface area (Å²) in [6, 6.07) is 0. The van der Waals surface area contributed by atoms with E-state index in [1.54, 1.807) is 0 Å². The lowest BCUT2D eigenvalue weighted by Crippen LogP contribution is -2.12. The van der Waals surface area contributed by atoms with Crippen molar-refractivity contribution < 1.29 is 9.18 Å². The first-order valence-corrected chi connectivity index (χ1v) is 4.90. The zero-order valence-electron chi connectivity index (χ0n) is 8.74. The van der Waals surface area contributed by atoms with Crippen molar-refractivity contribution in [3.8, 4) is 0 Å². The fourth-order valence-corrected chi connectivity index (χ4v) is 1.14. The predicted molar refractivity (Wildman–Crippen MR) is 57.9 cm³/mol. The second-order valence-corrected chi connectivity index (χ2v) is 3.27. The van der Waals surface area contributed by atoms with Gasteiger partial charge in [-0.25, -0.2) is 9.37 Å². The van der Waals surface area contributed by atoms with E-state index in [2.05, 4.69) is 15.3 Å². The third-order valence-corrected chi connectivity index (χ3v) is 1.91. The molecule has 0 radical (unpaired) electrons. The van der Waals surface area contributed by atoms with Gasteiger partial charge in [-0.3, -0.25) is 4.79 Å². The summed E-state index contributed by atoms with van der Waals surface area (Å²) in [6.07, 6.45) is 2.70. The van der Waals surface area contributed by atoms with Crippen LogP contribution in [0.25, 0.3) is 0 Å². The fourth-order valence-electron chi connectivity index (χ4n) is 1.14. The molecule has 1 amide bonds. The summed E-state index contributed by atoms with van der Waals surface area (Å²) < 4.78 is 13.1. The van der Waals surface area contributed by atoms with Crippen molar-refractivity contribution in [1.82, 2.24) is 9.97 Å². The lowest BCUT2D eigenvalue weighted by Gasteiger charge is -2.05. The molecule has 0 aromatic carbocycles. The number of rotatable bonds is 6. The number of nitrogens with two attached hydrogens (primary N) is 2. The van der Waals surface area contributed by atoms with Crippen LogP contribution in [0.2, 0.25) is 0 Å². The van der Waals surface area contributed by atoms with E-state index >= 15 is 0 Å². The van der Waals surface area contributed by atoms with E-state index in [4.69, 9.17) is 11.5 Å². The topological polar surface area (TPSA) is 107 Å². The molecule has 6 nitrogen and oxygen atoms in total. The van der Waals surface area contributed by atoms with E-state index in [1.165, 1.54) is 0 Å². The maximum absolute atomic E-state index is 13.1. The molecule has 5 N–H and O–H groups in total. The Labute approximate surface area is 92.3 Å². The minimum absolute atomic E-state index is 0.0148. The van der Waals surface area contributed by atoms with E-state index in [0.717, 1.165) is 6.20 Å². The highest BCUT2D eigenvalue weighted by molar-refractivity contribution is 5.73. The van der Waals surface area contributed by atoms with E-state index in [1.807, 2.05) is 0 Å². The number of hydrogen-bond acceptors (Lipinski definition) is 5. The van der Waals surface area contributed by atoms with Crippen LogP contribution in [0.5, 0.6) is 0 Å². The number of anilines is 2. The van der Waals surface area contributed by atoms with Gasteiger partial charge in [0.1, 0.15) is 0 Å². The molecule has 0 fully saturated rings. The standard InChI is InChI=1S/C9H14FN5O/c10-6-5-14-9(12)15-8(6)13-4-2-1-3-7(11)16/h5H,1-4H2,(H2,11,16)(H3,12,13,14,15). The molecule has 1 heterocycles. The van der Waals surface area contributed by atoms with Crippen molar-refractivity contribution >= 4 is 17.7 Å². The Morgan fingerprint density at radius 3 is 2.94 bits per heavy atom. The fraction of sp³-hybridized carbons (Fsp3) is 0.444. The van der Waals surface area contributed by atoms with Crippen LogP contribution < -0.4 is 16.8 Å². The van der Waals surface area contributed by atoms with Gasteiger partial charge in [0.25, 0.3) is 0 Å². The number of carbonyl (C=O) groups is 1. The van der Waals surface area contributed by atoms with Crippen LogP contribution in [0.4, 0.5) is 16.2 Å². The number of nitrogens with zero attached hydrogens (tertiary/aromatic N) is 2. The molecule has 0 atom stereocenters. The summed E-state index contributed by atoms with van der Waals surface area (Å²) >= 11 is 0. The minimum atomic E-state index is -0.552. The Hall–Kier alpha value is -1.92. The Morgan fingerprint density at radius 2 is 2.25 bits per heavy atom. The van der Waals surface area contributed by atoms with Crippen molar-refractivity contribution in [3.63, 3.8) is 0 Å². The van der Waals surface area contributed by atoms with Crippen LogP contribution >= 0.6 is 0 Å². The first kappa shape index (κ1) is 12.2. The van der Waals surface area contributed by atoms with E-state index < -0.39 is 5.82 Å². The van der Waals surface area contributed by atoms with Crippen LogP contribution in [-0.4, -0.2) is 22.4 Å². The van der Waals surface area contributed by atoms with Crippen LogP contribution in [-0.2, 0) is 4.79 Å². The molecule has 1 aromatic rings. The smallest absolute Gasteiger partial charge is 0.222 e. The minimum Gasteiger partial charge on any atom is -0.370 e. The molecule has 0 saturated carbocycles. The molecule has 88 valence electrons. The molecule has 1 aromatic heterocycles. The normalized spacial score (nSPS) is 10.1. The first-order valence-electron chi connectivity index (χ1n) is 4.90. The largest absolute Gasteiger partial charge is 0.370 e. The van der Waals surface area contributed by atoms with E-state index in [-0.39, 0.29) is 17.7 Å². The highest BCUT2D eigenvalue weighted by atomic mass is 19.1. The maximum Gasteiger partial charge on any atom is 0.222 e. The van der Waals surface area contributed by atoms with E-state index in [9.17, 15) is 9.18 Å². The monoisotopic (exact) mass is 227 g/mol. The quantitative estimate of drug-likeness (QED) is 0.604. The van der Waals surface area contributed by atoms with Crippen molar-refractivity contribution in [3.05, 3.63) is 12.0 Å². The summed E-state index contributed by atoms with van der Waals surface area (Å²) in [4.78, 5) is 17.6. The molecule has 0 bridgehead atoms. The molecule has 16 heavy (non-hydrogen) atoms. The van der Waals surface area contributed by atoms with Crippen molar-refractivity contribution in [1.29, 1.82) is 0 Å². The molecule has 1 rings (SSSR count). The average molecular weight is 227 g/mol. The maximum atomic E-state index is 13.1. The third kappa shape index (κ3) is 4.07. The van der Waals surface area contributed by atoms with Crippen molar-refractivity contribution in [2.45, 2.75) is 19.3 Å². The van der Waals surface area contributed by atoms with Gasteiger partial charge in [0.05, 0.1) is 6.20 Å². The second-order valence-electron chi connectivity index (χ2n) is 3.27. The Kier molecular flexibility index (Phi) is 4.43. The molecular formula is C9H14FN5O. The summed E-state index contributed by atoms with van der Waals surface area (Å²) in [5, 5.41) is 2.77. The number of aromatic nitrogens is 2. The Morgan fingerprint density at radius 1 is 1.50 bits per heavy atom. The van der Waals surface area contributed by atoms with Crippen LogP contribution in [0.1, 0.15) is 19.3 Å². The van der Waals surface area contributed by atoms with Crippen molar-refractivity contribution in [2.24, 2.45) is 5.73 Å². The predicted octanol–water partition coefficient (Wildman–Crippen LogP) is 0.265. The molecule has 0 aliphatic rings. The Bertz CT molecular complexity index is 371. The zero-order valence-corrected chi connectivity index (χ0v) is 8.74. The van der Waals surface area contributed by atoms with Gasteiger partial charge in [-0.15, -0.1) is 0 Å². The first-order chi connectivity index (χ1) is 7.59. The number of hydrogen-bond donors (Lipinski definition) is 3. The number of nitrogen functional groups attached to an aromatic ring is 1. The number of amides is 1. The number of primary amides is 1. The summed E-state index contributed by atoms with van der Waals surface area (Å²) in [5.41, 5.74) is 10.3. The number of nitrogens with one attached hydrogen (secondary N) is 1. The zero-order chi connectivity index (χ0) is 12.0. The highest BCUT2D eigenvalue weighted by Crippen LogP contribution is 2.10. The number of halogens is 1. The summed E-state index contributed by atoms with van der Waals surface area (Å²) in [5.74, 6) is -0.797.